The largest absolute Gasteiger partial charge is 0.465 e. The lowest BCUT2D eigenvalue weighted by Gasteiger charge is -2.17. The molecule has 0 saturated carbocycles. The van der Waals surface area contributed by atoms with E-state index in [9.17, 15) is 9.59 Å². The molecule has 0 aliphatic carbocycles. The van der Waals surface area contributed by atoms with E-state index >= 15 is 0 Å². The Hall–Kier alpha value is -2.45. The first-order chi connectivity index (χ1) is 13.4. The number of nitrogens with one attached hydrogen (secondary N) is 2. The number of thiocarbonyl (C=S) groups is 1. The number of anilines is 1. The number of hydrogen-bond donors (Lipinski definition) is 2. The molecule has 0 radical (unpaired) electrons. The van der Waals surface area contributed by atoms with Crippen LogP contribution in [0.4, 0.5) is 5.00 Å². The van der Waals surface area contributed by atoms with Crippen LogP contribution >= 0.6 is 23.6 Å². The first-order valence-electron chi connectivity index (χ1n) is 8.78. The highest BCUT2D eigenvalue weighted by Crippen LogP contribution is 2.34. The summed E-state index contributed by atoms with van der Waals surface area (Å²) in [6.45, 7) is 3.72. The maximum absolute atomic E-state index is 12.2. The smallest absolute Gasteiger partial charge is 0.348 e. The number of carbonyl (C=O) groups is 2. The third-order valence-electron chi connectivity index (χ3n) is 4.22. The van der Waals surface area contributed by atoms with Crippen LogP contribution in [-0.2, 0) is 15.9 Å². The van der Waals surface area contributed by atoms with Crippen LogP contribution in [-0.4, -0.2) is 37.3 Å². The van der Waals surface area contributed by atoms with Gasteiger partial charge >= 0.3 is 11.9 Å². The zero-order valence-electron chi connectivity index (χ0n) is 16.3. The van der Waals surface area contributed by atoms with Gasteiger partial charge in [-0.15, -0.1) is 11.3 Å². The molecule has 6 nitrogen and oxygen atoms in total. The van der Waals surface area contributed by atoms with Crippen LogP contribution in [0.2, 0.25) is 0 Å². The van der Waals surface area contributed by atoms with Crippen molar-refractivity contribution < 1.29 is 19.1 Å². The van der Waals surface area contributed by atoms with Crippen LogP contribution in [0.15, 0.2) is 30.3 Å². The maximum atomic E-state index is 12.2. The zero-order chi connectivity index (χ0) is 20.7. The van der Waals surface area contributed by atoms with Gasteiger partial charge in [-0.1, -0.05) is 30.3 Å². The lowest BCUT2D eigenvalue weighted by Crippen LogP contribution is -2.36. The number of thiophene rings is 1. The van der Waals surface area contributed by atoms with Gasteiger partial charge in [0.1, 0.15) is 9.88 Å². The monoisotopic (exact) mass is 420 g/mol. The summed E-state index contributed by atoms with van der Waals surface area (Å²) in [4.78, 5) is 24.5. The predicted molar refractivity (Wildman–Crippen MR) is 115 cm³/mol. The fourth-order valence-electron chi connectivity index (χ4n) is 2.70. The van der Waals surface area contributed by atoms with Crippen molar-refractivity contribution >= 4 is 45.6 Å². The van der Waals surface area contributed by atoms with Crippen molar-refractivity contribution in [2.24, 2.45) is 0 Å². The van der Waals surface area contributed by atoms with Gasteiger partial charge < -0.3 is 20.1 Å². The minimum absolute atomic E-state index is 0.128. The fourth-order valence-corrected chi connectivity index (χ4v) is 4.19. The number of methoxy groups -OCH3 is 2. The highest BCUT2D eigenvalue weighted by molar-refractivity contribution is 7.80. The second-order valence-electron chi connectivity index (χ2n) is 6.27. The van der Waals surface area contributed by atoms with Crippen LogP contribution in [0.3, 0.4) is 0 Å². The van der Waals surface area contributed by atoms with Gasteiger partial charge in [-0.05, 0) is 50.0 Å². The summed E-state index contributed by atoms with van der Waals surface area (Å²) in [5, 5.41) is 7.07. The molecular weight excluding hydrogens is 396 g/mol. The topological polar surface area (TPSA) is 76.7 Å². The normalized spacial score (nSPS) is 11.4. The number of hydrogen-bond acceptors (Lipinski definition) is 6. The number of ether oxygens (including phenoxy) is 2. The van der Waals surface area contributed by atoms with Crippen molar-refractivity contribution in [1.29, 1.82) is 0 Å². The van der Waals surface area contributed by atoms with Crippen molar-refractivity contribution in [3.05, 3.63) is 51.9 Å². The molecule has 2 aromatic rings. The molecule has 2 N–H and O–H groups in total. The van der Waals surface area contributed by atoms with E-state index in [1.165, 1.54) is 19.8 Å². The summed E-state index contributed by atoms with van der Waals surface area (Å²) >= 11 is 6.50. The van der Waals surface area contributed by atoms with Crippen molar-refractivity contribution in [3.8, 4) is 0 Å². The Labute approximate surface area is 174 Å². The summed E-state index contributed by atoms with van der Waals surface area (Å²) in [5.74, 6) is -1.04. The molecule has 0 fully saturated rings. The predicted octanol–water partition coefficient (Wildman–Crippen LogP) is 3.94. The van der Waals surface area contributed by atoms with E-state index in [0.717, 1.165) is 24.2 Å². The average Bonchev–Trinajstić information content (AvgIpc) is 3.01. The van der Waals surface area contributed by atoms with Crippen molar-refractivity contribution in [3.63, 3.8) is 0 Å². The number of esters is 2. The second kappa shape index (κ2) is 10.2. The van der Waals surface area contributed by atoms with E-state index in [4.69, 9.17) is 21.7 Å². The molecule has 0 bridgehead atoms. The molecule has 1 atom stereocenters. The lowest BCUT2D eigenvalue weighted by molar-refractivity contribution is 0.0601. The summed E-state index contributed by atoms with van der Waals surface area (Å²) < 4.78 is 9.63. The van der Waals surface area contributed by atoms with Gasteiger partial charge in [0, 0.05) is 6.04 Å². The molecule has 0 aliphatic rings. The van der Waals surface area contributed by atoms with E-state index in [1.807, 2.05) is 25.1 Å². The summed E-state index contributed by atoms with van der Waals surface area (Å²) in [7, 11) is 2.59. The Morgan fingerprint density at radius 3 is 2.39 bits per heavy atom. The van der Waals surface area contributed by atoms with Crippen LogP contribution in [0.1, 0.15) is 44.5 Å². The Morgan fingerprint density at radius 2 is 1.79 bits per heavy atom. The number of aryl methyl sites for hydroxylation is 1. The van der Waals surface area contributed by atoms with E-state index in [-0.39, 0.29) is 11.6 Å². The van der Waals surface area contributed by atoms with Gasteiger partial charge in [-0.25, -0.2) is 9.59 Å². The Morgan fingerprint density at radius 1 is 1.14 bits per heavy atom. The summed E-state index contributed by atoms with van der Waals surface area (Å²) in [6, 6.07) is 10.3. The molecule has 2 rings (SSSR count). The molecule has 1 heterocycles. The second-order valence-corrected chi connectivity index (χ2v) is 7.70. The van der Waals surface area contributed by atoms with Crippen molar-refractivity contribution in [2.45, 2.75) is 32.7 Å². The van der Waals surface area contributed by atoms with Crippen LogP contribution < -0.4 is 10.6 Å². The highest BCUT2D eigenvalue weighted by Gasteiger charge is 2.26. The van der Waals surface area contributed by atoms with E-state index in [0.29, 0.717) is 20.6 Å². The zero-order valence-corrected chi connectivity index (χ0v) is 18.0. The fraction of sp³-hybridized carbons (Fsp3) is 0.350. The Kier molecular flexibility index (Phi) is 7.95. The van der Waals surface area contributed by atoms with Crippen molar-refractivity contribution in [2.75, 3.05) is 19.5 Å². The minimum Gasteiger partial charge on any atom is -0.465 e. The third-order valence-corrected chi connectivity index (χ3v) is 5.63. The first-order valence-corrected chi connectivity index (χ1v) is 10.0. The van der Waals surface area contributed by atoms with Crippen LogP contribution in [0, 0.1) is 6.92 Å². The number of carbonyl (C=O) groups excluding carboxylic acids is 2. The molecule has 150 valence electrons. The molecule has 1 aromatic heterocycles. The number of rotatable bonds is 7. The van der Waals surface area contributed by atoms with Gasteiger partial charge in [0.2, 0.25) is 0 Å². The van der Waals surface area contributed by atoms with E-state index in [2.05, 4.69) is 22.8 Å². The first kappa shape index (κ1) is 21.8. The molecule has 28 heavy (non-hydrogen) atoms. The molecule has 8 heteroatoms. The van der Waals surface area contributed by atoms with Gasteiger partial charge in [0.25, 0.3) is 0 Å². The molecule has 1 unspecified atom stereocenters. The summed E-state index contributed by atoms with van der Waals surface area (Å²) in [5.41, 5.74) is 2.06. The van der Waals surface area contributed by atoms with Crippen LogP contribution in [0.25, 0.3) is 0 Å². The van der Waals surface area contributed by atoms with E-state index < -0.39 is 11.9 Å². The SMILES string of the molecule is COC(=O)c1sc(NC(=S)NC(C)CCc2ccccc2)c(C(=O)OC)c1C. The lowest BCUT2D eigenvalue weighted by atomic mass is 10.1. The third kappa shape index (κ3) is 5.53. The molecule has 0 aliphatic heterocycles. The molecule has 0 saturated heterocycles. The van der Waals surface area contributed by atoms with Gasteiger partial charge in [0.05, 0.1) is 19.8 Å². The maximum Gasteiger partial charge on any atom is 0.348 e. The quantitative estimate of drug-likeness (QED) is 0.519. The standard InChI is InChI=1S/C20H24N2O4S2/c1-12(10-11-14-8-6-5-7-9-14)21-20(27)22-17-15(18(23)25-3)13(2)16(28-17)19(24)26-4/h5-9,12H,10-11H2,1-4H3,(H2,21,22,27). The molecular formula is C20H24N2O4S2. The summed E-state index contributed by atoms with van der Waals surface area (Å²) in [6.07, 6.45) is 1.82. The minimum atomic E-state index is -0.536. The highest BCUT2D eigenvalue weighted by atomic mass is 32.1. The van der Waals surface area contributed by atoms with Gasteiger partial charge in [0.15, 0.2) is 5.11 Å². The average molecular weight is 421 g/mol. The molecule has 1 aromatic carbocycles. The molecule has 0 amide bonds. The van der Waals surface area contributed by atoms with Crippen molar-refractivity contribution in [1.82, 2.24) is 5.32 Å². The van der Waals surface area contributed by atoms with Gasteiger partial charge in [-0.2, -0.15) is 0 Å². The number of benzene rings is 1. The van der Waals surface area contributed by atoms with Crippen LogP contribution in [0.5, 0.6) is 0 Å². The van der Waals surface area contributed by atoms with Gasteiger partial charge in [-0.3, -0.25) is 0 Å². The Balaban J connectivity index is 2.05. The Bertz CT molecular complexity index is 849. The molecule has 0 spiro atoms. The van der Waals surface area contributed by atoms with E-state index in [1.54, 1.807) is 6.92 Å².